The molecule has 6 heteroatoms. The lowest BCUT2D eigenvalue weighted by Gasteiger charge is -2.06. The van der Waals surface area contributed by atoms with E-state index in [1.54, 1.807) is 16.9 Å². The topological polar surface area (TPSA) is 85.1 Å². The van der Waals surface area contributed by atoms with E-state index in [2.05, 4.69) is 10.1 Å². The number of aromatic nitrogens is 3. The minimum atomic E-state index is -0.925. The van der Waals surface area contributed by atoms with Gasteiger partial charge in [-0.2, -0.15) is 5.10 Å². The van der Waals surface area contributed by atoms with E-state index in [4.69, 9.17) is 5.11 Å². The van der Waals surface area contributed by atoms with Crippen LogP contribution in [-0.2, 0) is 24.2 Å². The summed E-state index contributed by atoms with van der Waals surface area (Å²) in [6, 6.07) is 25.3. The van der Waals surface area contributed by atoms with Crippen LogP contribution in [0.4, 0.5) is 0 Å². The van der Waals surface area contributed by atoms with Crippen LogP contribution >= 0.6 is 0 Å². The SMILES string of the molecule is O=C(O)Cc1nn(Cc2ccc(CC(=O)c3ccc4ccccc4c3)cc2)c2ncccc12. The molecule has 2 heterocycles. The molecular weight excluding hydrogens is 414 g/mol. The van der Waals surface area contributed by atoms with E-state index in [0.29, 0.717) is 29.9 Å². The van der Waals surface area contributed by atoms with E-state index in [-0.39, 0.29) is 12.2 Å². The molecule has 0 spiro atoms. The number of rotatable bonds is 7. The quantitative estimate of drug-likeness (QED) is 0.375. The van der Waals surface area contributed by atoms with Gasteiger partial charge in [0.05, 0.1) is 18.7 Å². The van der Waals surface area contributed by atoms with Gasteiger partial charge >= 0.3 is 5.97 Å². The average molecular weight is 435 g/mol. The number of ketones is 1. The lowest BCUT2D eigenvalue weighted by Crippen LogP contribution is -2.06. The molecule has 0 aliphatic rings. The molecule has 6 nitrogen and oxygen atoms in total. The Labute approximate surface area is 190 Å². The van der Waals surface area contributed by atoms with Gasteiger partial charge < -0.3 is 5.11 Å². The molecule has 33 heavy (non-hydrogen) atoms. The lowest BCUT2D eigenvalue weighted by atomic mass is 9.99. The van der Waals surface area contributed by atoms with Crippen molar-refractivity contribution in [3.8, 4) is 0 Å². The second kappa shape index (κ2) is 8.67. The summed E-state index contributed by atoms with van der Waals surface area (Å²) in [5, 5.41) is 16.6. The minimum absolute atomic E-state index is 0.0779. The fourth-order valence-electron chi connectivity index (χ4n) is 4.04. The van der Waals surface area contributed by atoms with Crippen LogP contribution in [0.25, 0.3) is 21.8 Å². The van der Waals surface area contributed by atoms with Crippen LogP contribution in [0.2, 0.25) is 0 Å². The van der Waals surface area contributed by atoms with Gasteiger partial charge in [0, 0.05) is 23.6 Å². The lowest BCUT2D eigenvalue weighted by molar-refractivity contribution is -0.136. The number of carbonyl (C=O) groups is 2. The van der Waals surface area contributed by atoms with E-state index >= 15 is 0 Å². The first-order chi connectivity index (χ1) is 16.1. The molecule has 0 unspecified atom stereocenters. The molecule has 3 aromatic carbocycles. The largest absolute Gasteiger partial charge is 0.481 e. The standard InChI is InChI=1S/C27H21N3O3/c31-25(22-12-11-20-4-1-2-5-21(20)15-22)14-18-7-9-19(10-8-18)17-30-27-23(6-3-13-28-27)24(29-30)16-26(32)33/h1-13,15H,14,16-17H2,(H,32,33). The van der Waals surface area contributed by atoms with Crippen LogP contribution < -0.4 is 0 Å². The van der Waals surface area contributed by atoms with Crippen LogP contribution in [0.1, 0.15) is 27.2 Å². The molecule has 162 valence electrons. The number of nitrogens with zero attached hydrogens (tertiary/aromatic N) is 3. The van der Waals surface area contributed by atoms with Crippen molar-refractivity contribution in [2.45, 2.75) is 19.4 Å². The number of hydrogen-bond donors (Lipinski definition) is 1. The van der Waals surface area contributed by atoms with Gasteiger partial charge in [-0.3, -0.25) is 9.59 Å². The van der Waals surface area contributed by atoms with Crippen molar-refractivity contribution in [1.29, 1.82) is 0 Å². The van der Waals surface area contributed by atoms with E-state index in [1.807, 2.05) is 72.8 Å². The Morgan fingerprint density at radius 3 is 2.36 bits per heavy atom. The Hall–Kier alpha value is -4.32. The summed E-state index contributed by atoms with van der Waals surface area (Å²) in [5.74, 6) is -0.847. The third-order valence-electron chi connectivity index (χ3n) is 5.69. The number of hydrogen-bond acceptors (Lipinski definition) is 4. The Kier molecular flexibility index (Phi) is 5.40. The molecule has 0 bridgehead atoms. The molecule has 0 saturated heterocycles. The van der Waals surface area contributed by atoms with Gasteiger partial charge in [-0.15, -0.1) is 0 Å². The van der Waals surface area contributed by atoms with E-state index in [1.165, 1.54) is 0 Å². The maximum Gasteiger partial charge on any atom is 0.309 e. The second-order valence-corrected chi connectivity index (χ2v) is 8.03. The number of fused-ring (bicyclic) bond motifs is 2. The van der Waals surface area contributed by atoms with Crippen molar-refractivity contribution in [1.82, 2.24) is 14.8 Å². The Morgan fingerprint density at radius 1 is 0.818 bits per heavy atom. The zero-order valence-corrected chi connectivity index (χ0v) is 17.8. The fraction of sp³-hybridized carbons (Fsp3) is 0.111. The number of aliphatic carboxylic acids is 1. The average Bonchev–Trinajstić information content (AvgIpc) is 3.16. The highest BCUT2D eigenvalue weighted by molar-refractivity contribution is 6.01. The second-order valence-electron chi connectivity index (χ2n) is 8.03. The molecule has 1 N–H and O–H groups in total. The smallest absolute Gasteiger partial charge is 0.309 e. The summed E-state index contributed by atoms with van der Waals surface area (Å²) < 4.78 is 1.73. The summed E-state index contributed by atoms with van der Waals surface area (Å²) in [6.07, 6.45) is 1.85. The van der Waals surface area contributed by atoms with Crippen LogP contribution in [0.3, 0.4) is 0 Å². The number of benzene rings is 3. The minimum Gasteiger partial charge on any atom is -0.481 e. The number of Topliss-reactive ketones (excluding diaryl/α,β-unsaturated/α-hetero) is 1. The fourth-order valence-corrected chi connectivity index (χ4v) is 4.04. The van der Waals surface area contributed by atoms with Crippen molar-refractivity contribution in [3.63, 3.8) is 0 Å². The van der Waals surface area contributed by atoms with Gasteiger partial charge in [-0.05, 0) is 40.1 Å². The normalized spacial score (nSPS) is 11.2. The molecule has 2 aromatic heterocycles. The molecular formula is C27H21N3O3. The van der Waals surface area contributed by atoms with Crippen molar-refractivity contribution in [2.75, 3.05) is 0 Å². The summed E-state index contributed by atoms with van der Waals surface area (Å²) in [7, 11) is 0. The summed E-state index contributed by atoms with van der Waals surface area (Å²) in [5.41, 5.74) is 3.80. The van der Waals surface area contributed by atoms with E-state index in [9.17, 15) is 9.59 Å². The molecule has 0 atom stereocenters. The Balaban J connectivity index is 1.32. The van der Waals surface area contributed by atoms with Gasteiger partial charge in [0.25, 0.3) is 0 Å². The monoisotopic (exact) mass is 435 g/mol. The third kappa shape index (κ3) is 4.36. The molecule has 0 fully saturated rings. The van der Waals surface area contributed by atoms with Gasteiger partial charge in [-0.1, -0.05) is 60.7 Å². The summed E-state index contributed by atoms with van der Waals surface area (Å²) in [4.78, 5) is 28.4. The number of pyridine rings is 1. The van der Waals surface area contributed by atoms with Gasteiger partial charge in [0.2, 0.25) is 0 Å². The maximum atomic E-state index is 12.8. The molecule has 0 aliphatic heterocycles. The molecule has 0 aliphatic carbocycles. The highest BCUT2D eigenvalue weighted by Gasteiger charge is 2.14. The number of carboxylic acids is 1. The molecule has 0 radical (unpaired) electrons. The van der Waals surface area contributed by atoms with Crippen molar-refractivity contribution in [3.05, 3.63) is 107 Å². The van der Waals surface area contributed by atoms with Crippen LogP contribution in [-0.4, -0.2) is 31.6 Å². The van der Waals surface area contributed by atoms with Crippen LogP contribution in [0.5, 0.6) is 0 Å². The highest BCUT2D eigenvalue weighted by atomic mass is 16.4. The zero-order chi connectivity index (χ0) is 22.8. The van der Waals surface area contributed by atoms with Crippen molar-refractivity contribution < 1.29 is 14.7 Å². The summed E-state index contributed by atoms with van der Waals surface area (Å²) in [6.45, 7) is 0.464. The first-order valence-electron chi connectivity index (χ1n) is 10.7. The molecule has 5 rings (SSSR count). The molecule has 0 saturated carbocycles. The van der Waals surface area contributed by atoms with E-state index in [0.717, 1.165) is 27.3 Å². The van der Waals surface area contributed by atoms with Gasteiger partial charge in [0.15, 0.2) is 11.4 Å². The van der Waals surface area contributed by atoms with Crippen molar-refractivity contribution in [2.24, 2.45) is 0 Å². The van der Waals surface area contributed by atoms with Gasteiger partial charge in [0.1, 0.15) is 0 Å². The predicted molar refractivity (Wildman–Crippen MR) is 126 cm³/mol. The maximum absolute atomic E-state index is 12.8. The van der Waals surface area contributed by atoms with E-state index < -0.39 is 5.97 Å². The first-order valence-corrected chi connectivity index (χ1v) is 10.7. The molecule has 0 amide bonds. The molecule has 5 aromatic rings. The van der Waals surface area contributed by atoms with Crippen LogP contribution in [0, 0.1) is 0 Å². The predicted octanol–water partition coefficient (Wildman–Crippen LogP) is 4.69. The van der Waals surface area contributed by atoms with Crippen LogP contribution in [0.15, 0.2) is 85.1 Å². The zero-order valence-electron chi connectivity index (χ0n) is 17.8. The van der Waals surface area contributed by atoms with Crippen molar-refractivity contribution >= 4 is 33.6 Å². The number of carbonyl (C=O) groups excluding carboxylic acids is 1. The Morgan fingerprint density at radius 2 is 1.58 bits per heavy atom. The summed E-state index contributed by atoms with van der Waals surface area (Å²) >= 11 is 0. The highest BCUT2D eigenvalue weighted by Crippen LogP contribution is 2.20. The first kappa shape index (κ1) is 20.6. The Bertz CT molecular complexity index is 1490. The van der Waals surface area contributed by atoms with Gasteiger partial charge in [-0.25, -0.2) is 9.67 Å². The number of carboxylic acid groups (broad SMARTS) is 1. The third-order valence-corrected chi connectivity index (χ3v) is 5.69.